The summed E-state index contributed by atoms with van der Waals surface area (Å²) >= 11 is 0. The number of carboxylic acid groups (broad SMARTS) is 1. The second-order valence-electron chi connectivity index (χ2n) is 6.88. The maximum absolute atomic E-state index is 12.0. The van der Waals surface area contributed by atoms with Gasteiger partial charge < -0.3 is 14.4 Å². The van der Waals surface area contributed by atoms with Crippen LogP contribution in [0.3, 0.4) is 0 Å². The summed E-state index contributed by atoms with van der Waals surface area (Å²) in [5.74, 6) is -1.46. The molecule has 0 fully saturated rings. The molecular weight excluding hydrogens is 266 g/mol. The number of aliphatic carboxylic acids is 1. The van der Waals surface area contributed by atoms with Gasteiger partial charge in [-0.3, -0.25) is 4.79 Å². The number of unbranched alkanes of at least 4 members (excludes halogenated alkanes) is 8. The molecule has 0 aromatic rings. The van der Waals surface area contributed by atoms with Gasteiger partial charge in [0.1, 0.15) is 5.97 Å². The van der Waals surface area contributed by atoms with Gasteiger partial charge in [-0.05, 0) is 6.42 Å². The summed E-state index contributed by atoms with van der Waals surface area (Å²) in [5.41, 5.74) is 0. The fourth-order valence-electron chi connectivity index (χ4n) is 2.63. The molecule has 0 spiro atoms. The Hall–Kier alpha value is -0.900. The Bertz CT molecular complexity index is 308. The van der Waals surface area contributed by atoms with Crippen LogP contribution in [0.25, 0.3) is 0 Å². The van der Waals surface area contributed by atoms with Gasteiger partial charge in [-0.25, -0.2) is 0 Å². The first-order chi connectivity index (χ1) is 9.80. The smallest absolute Gasteiger partial charge is 0.195 e. The van der Waals surface area contributed by atoms with Gasteiger partial charge in [-0.15, -0.1) is 0 Å². The van der Waals surface area contributed by atoms with Crippen molar-refractivity contribution in [2.24, 2.45) is 0 Å². The second kappa shape index (κ2) is 10.8. The molecule has 0 aromatic carbocycles. The molecule has 0 bridgehead atoms. The number of nitrogens with zero attached hydrogens (tertiary/aromatic N) is 1. The molecular formula is C17H33NO3. The molecule has 4 heteroatoms. The molecule has 0 aliphatic rings. The molecule has 0 amide bonds. The number of carboxylic acids is 1. The lowest BCUT2D eigenvalue weighted by molar-refractivity contribution is -0.880. The molecule has 0 rings (SSSR count). The summed E-state index contributed by atoms with van der Waals surface area (Å²) in [6, 6.07) is -1.04. The second-order valence-corrected chi connectivity index (χ2v) is 6.88. The molecule has 0 heterocycles. The molecule has 4 nitrogen and oxygen atoms in total. The molecule has 0 aromatic heterocycles. The molecule has 21 heavy (non-hydrogen) atoms. The van der Waals surface area contributed by atoms with Gasteiger partial charge in [0.25, 0.3) is 0 Å². The van der Waals surface area contributed by atoms with Crippen LogP contribution < -0.4 is 5.11 Å². The zero-order chi connectivity index (χ0) is 16.3. The van der Waals surface area contributed by atoms with E-state index in [4.69, 9.17) is 0 Å². The Morgan fingerprint density at radius 2 is 1.29 bits per heavy atom. The lowest BCUT2D eigenvalue weighted by atomic mass is 10.0. The van der Waals surface area contributed by atoms with Gasteiger partial charge in [0.05, 0.1) is 21.1 Å². The Morgan fingerprint density at radius 3 is 1.67 bits per heavy atom. The summed E-state index contributed by atoms with van der Waals surface area (Å²) in [6.07, 6.45) is 11.0. The van der Waals surface area contributed by atoms with Crippen molar-refractivity contribution in [3.63, 3.8) is 0 Å². The number of ketones is 1. The number of rotatable bonds is 13. The molecule has 1 atom stereocenters. The molecule has 0 saturated heterocycles. The van der Waals surface area contributed by atoms with E-state index in [2.05, 4.69) is 6.92 Å². The average molecular weight is 299 g/mol. The highest BCUT2D eigenvalue weighted by Gasteiger charge is 2.31. The monoisotopic (exact) mass is 299 g/mol. The van der Waals surface area contributed by atoms with Gasteiger partial charge in [-0.2, -0.15) is 0 Å². The van der Waals surface area contributed by atoms with Crippen LogP contribution in [0.5, 0.6) is 0 Å². The summed E-state index contributed by atoms with van der Waals surface area (Å²) in [5, 5.41) is 11.1. The first-order valence-electron chi connectivity index (χ1n) is 8.35. The minimum absolute atomic E-state index is 0.0958. The maximum Gasteiger partial charge on any atom is 0.195 e. The summed E-state index contributed by atoms with van der Waals surface area (Å²) < 4.78 is 0.0958. The van der Waals surface area contributed by atoms with Gasteiger partial charge in [-0.1, -0.05) is 58.3 Å². The van der Waals surface area contributed by atoms with Crippen molar-refractivity contribution in [1.82, 2.24) is 0 Å². The Balaban J connectivity index is 3.76. The van der Waals surface area contributed by atoms with Gasteiger partial charge >= 0.3 is 0 Å². The number of likely N-dealkylation sites (N-methyl/N-ethyl adjacent to an activating group) is 1. The van der Waals surface area contributed by atoms with Crippen LogP contribution in [0.2, 0.25) is 0 Å². The third-order valence-corrected chi connectivity index (χ3v) is 3.83. The van der Waals surface area contributed by atoms with E-state index in [1.807, 2.05) is 0 Å². The number of Topliss-reactive ketones (excluding diaryl/α,β-unsaturated/α-hetero) is 1. The summed E-state index contributed by atoms with van der Waals surface area (Å²) in [7, 11) is 5.15. The van der Waals surface area contributed by atoms with Crippen LogP contribution in [0.1, 0.15) is 71.1 Å². The van der Waals surface area contributed by atoms with Crippen LogP contribution in [-0.2, 0) is 9.59 Å². The first-order valence-corrected chi connectivity index (χ1v) is 8.35. The molecule has 0 aliphatic carbocycles. The maximum atomic E-state index is 12.0. The molecule has 0 aliphatic heterocycles. The van der Waals surface area contributed by atoms with Crippen molar-refractivity contribution < 1.29 is 19.2 Å². The third kappa shape index (κ3) is 9.62. The van der Waals surface area contributed by atoms with E-state index in [-0.39, 0.29) is 10.3 Å². The van der Waals surface area contributed by atoms with Crippen molar-refractivity contribution >= 4 is 11.8 Å². The zero-order valence-electron chi connectivity index (χ0n) is 14.3. The van der Waals surface area contributed by atoms with E-state index in [0.29, 0.717) is 6.42 Å². The standard InChI is InChI=1S/C17H33NO3/c1-5-6-7-8-9-10-11-12-13-14-15(19)16(17(20)21)18(2,3)4/h16H,5-14H2,1-4H3. The number of carbonyl (C=O) groups excluding carboxylic acids is 2. The van der Waals surface area contributed by atoms with E-state index >= 15 is 0 Å². The Morgan fingerprint density at radius 1 is 0.857 bits per heavy atom. The van der Waals surface area contributed by atoms with Crippen molar-refractivity contribution in [2.45, 2.75) is 77.2 Å². The first kappa shape index (κ1) is 20.1. The summed E-state index contributed by atoms with van der Waals surface area (Å²) in [6.45, 7) is 2.22. The van der Waals surface area contributed by atoms with E-state index in [0.717, 1.165) is 19.3 Å². The average Bonchev–Trinajstić information content (AvgIpc) is 2.34. The van der Waals surface area contributed by atoms with Gasteiger partial charge in [0.2, 0.25) is 0 Å². The zero-order valence-corrected chi connectivity index (χ0v) is 14.3. The number of hydrogen-bond acceptors (Lipinski definition) is 3. The van der Waals surface area contributed by atoms with Crippen molar-refractivity contribution in [1.29, 1.82) is 0 Å². The lowest BCUT2D eigenvalue weighted by Crippen LogP contribution is -2.58. The number of quaternary nitrogens is 1. The van der Waals surface area contributed by atoms with E-state index in [9.17, 15) is 14.7 Å². The minimum Gasteiger partial charge on any atom is -0.544 e. The highest BCUT2D eigenvalue weighted by molar-refractivity contribution is 6.00. The SMILES string of the molecule is CCCCCCCCCCCC(=O)C(C(=O)[O-])[N+](C)(C)C. The van der Waals surface area contributed by atoms with Crippen molar-refractivity contribution in [3.8, 4) is 0 Å². The fourth-order valence-corrected chi connectivity index (χ4v) is 2.63. The van der Waals surface area contributed by atoms with E-state index < -0.39 is 12.0 Å². The highest BCUT2D eigenvalue weighted by Crippen LogP contribution is 2.13. The molecule has 0 saturated carbocycles. The Kier molecular flexibility index (Phi) is 10.3. The van der Waals surface area contributed by atoms with Crippen molar-refractivity contribution in [3.05, 3.63) is 0 Å². The van der Waals surface area contributed by atoms with E-state index in [1.54, 1.807) is 21.1 Å². The molecule has 1 unspecified atom stereocenters. The number of hydrogen-bond donors (Lipinski definition) is 0. The molecule has 0 radical (unpaired) electrons. The van der Waals surface area contributed by atoms with Crippen LogP contribution in [0.15, 0.2) is 0 Å². The van der Waals surface area contributed by atoms with Crippen LogP contribution in [0.4, 0.5) is 0 Å². The quantitative estimate of drug-likeness (QED) is 0.298. The van der Waals surface area contributed by atoms with Crippen LogP contribution >= 0.6 is 0 Å². The normalized spacial score (nSPS) is 13.1. The predicted octanol–water partition coefficient (Wildman–Crippen LogP) is 2.30. The predicted molar refractivity (Wildman–Crippen MR) is 83.7 cm³/mol. The van der Waals surface area contributed by atoms with E-state index in [1.165, 1.54) is 38.5 Å². The third-order valence-electron chi connectivity index (χ3n) is 3.83. The van der Waals surface area contributed by atoms with Gasteiger partial charge in [0, 0.05) is 6.42 Å². The number of carbonyl (C=O) groups is 2. The van der Waals surface area contributed by atoms with Gasteiger partial charge in [0.15, 0.2) is 11.8 Å². The molecule has 124 valence electrons. The highest BCUT2D eigenvalue weighted by atomic mass is 16.4. The molecule has 0 N–H and O–H groups in total. The fraction of sp³-hybridized carbons (Fsp3) is 0.882. The lowest BCUT2D eigenvalue weighted by Gasteiger charge is -2.33. The Labute approximate surface area is 130 Å². The largest absolute Gasteiger partial charge is 0.544 e. The topological polar surface area (TPSA) is 57.2 Å². The van der Waals surface area contributed by atoms with Crippen molar-refractivity contribution in [2.75, 3.05) is 21.1 Å². The summed E-state index contributed by atoms with van der Waals surface area (Å²) in [4.78, 5) is 23.1. The minimum atomic E-state index is -1.26. The van der Waals surface area contributed by atoms with Crippen LogP contribution in [-0.4, -0.2) is 43.4 Å². The van der Waals surface area contributed by atoms with Crippen LogP contribution in [0, 0.1) is 0 Å².